The number of nitrogens with one attached hydrogen (secondary N) is 1. The first-order valence-electron chi connectivity index (χ1n) is 13.0. The van der Waals surface area contributed by atoms with Crippen LogP contribution in [-0.4, -0.2) is 44.1 Å². The number of nitrogens with zero attached hydrogens (tertiary/aromatic N) is 3. The van der Waals surface area contributed by atoms with Crippen LogP contribution in [0.2, 0.25) is 0 Å². The van der Waals surface area contributed by atoms with E-state index in [2.05, 4.69) is 21.8 Å². The van der Waals surface area contributed by atoms with E-state index in [0.717, 1.165) is 31.7 Å². The van der Waals surface area contributed by atoms with Gasteiger partial charge in [0.2, 0.25) is 0 Å². The van der Waals surface area contributed by atoms with Crippen LogP contribution in [0.1, 0.15) is 37.7 Å². The van der Waals surface area contributed by atoms with Crippen LogP contribution >= 0.6 is 22.9 Å². The van der Waals surface area contributed by atoms with Gasteiger partial charge in [-0.2, -0.15) is 0 Å². The van der Waals surface area contributed by atoms with Gasteiger partial charge in [-0.05, 0) is 55.2 Å². The number of anilines is 1. The van der Waals surface area contributed by atoms with E-state index >= 15 is 0 Å². The van der Waals surface area contributed by atoms with Crippen molar-refractivity contribution in [2.45, 2.75) is 32.7 Å². The molecule has 5 aromatic rings. The Labute approximate surface area is 245 Å². The fourth-order valence-corrected chi connectivity index (χ4v) is 6.08. The Hall–Kier alpha value is -4.41. The number of ether oxygens (including phenoxy) is 1. The molecule has 0 saturated heterocycles. The van der Waals surface area contributed by atoms with E-state index < -0.39 is 12.0 Å². The zero-order valence-electron chi connectivity index (χ0n) is 22.5. The zero-order valence-corrected chi connectivity index (χ0v) is 24.2. The quantitative estimate of drug-likeness (QED) is 0.166. The van der Waals surface area contributed by atoms with Crippen molar-refractivity contribution in [3.63, 3.8) is 0 Å². The minimum absolute atomic E-state index is 0.168. The van der Waals surface area contributed by atoms with Crippen molar-refractivity contribution < 1.29 is 19.4 Å². The molecule has 0 spiro atoms. The lowest BCUT2D eigenvalue weighted by Crippen LogP contribution is -2.32. The van der Waals surface area contributed by atoms with Crippen molar-refractivity contribution in [1.82, 2.24) is 14.6 Å². The minimum Gasteiger partial charge on any atom is -0.493 e. The van der Waals surface area contributed by atoms with Crippen LogP contribution in [-0.2, 0) is 17.6 Å². The van der Waals surface area contributed by atoms with Crippen LogP contribution in [0, 0.1) is 13.8 Å². The van der Waals surface area contributed by atoms with Crippen molar-refractivity contribution in [2.75, 3.05) is 11.9 Å². The van der Waals surface area contributed by atoms with Crippen molar-refractivity contribution in [2.24, 2.45) is 0 Å². The van der Waals surface area contributed by atoms with Gasteiger partial charge >= 0.3 is 5.97 Å². The van der Waals surface area contributed by atoms with E-state index in [1.165, 1.54) is 11.5 Å². The van der Waals surface area contributed by atoms with Gasteiger partial charge in [-0.15, -0.1) is 16.4 Å². The number of rotatable bonds is 12. The van der Waals surface area contributed by atoms with Gasteiger partial charge in [0, 0.05) is 34.5 Å². The fraction of sp³-hybridized carbons (Fsp3) is 0.194. The first-order valence-corrected chi connectivity index (χ1v) is 14.6. The summed E-state index contributed by atoms with van der Waals surface area (Å²) in [4.78, 5) is 32.1. The Kier molecular flexibility index (Phi) is 8.81. The number of carboxylic acids is 1. The number of benzene rings is 3. The SMILES string of the molecule is Cc1nnsc1-c1nc(CCOc2ccc(C[C@H](Nc3ccccc3C(=O)c3ccccc3)C(=O)O)cc2)c(C)s1. The summed E-state index contributed by atoms with van der Waals surface area (Å²) in [5.74, 6) is -0.475. The Morgan fingerprint density at radius 1 is 0.976 bits per heavy atom. The molecule has 0 fully saturated rings. The Balaban J connectivity index is 1.19. The summed E-state index contributed by atoms with van der Waals surface area (Å²) in [7, 11) is 0. The number of carbonyl (C=O) groups is 2. The lowest BCUT2D eigenvalue weighted by atomic mass is 10.00. The Morgan fingerprint density at radius 2 is 1.71 bits per heavy atom. The van der Waals surface area contributed by atoms with Gasteiger partial charge in [-0.25, -0.2) is 9.78 Å². The third-order valence-corrected chi connectivity index (χ3v) is 8.54. The van der Waals surface area contributed by atoms with Crippen LogP contribution in [0.5, 0.6) is 5.75 Å². The average molecular weight is 585 g/mol. The van der Waals surface area contributed by atoms with Gasteiger partial charge in [0.25, 0.3) is 0 Å². The number of carbonyl (C=O) groups excluding carboxylic acids is 1. The van der Waals surface area contributed by atoms with Crippen molar-refractivity contribution >= 4 is 40.3 Å². The van der Waals surface area contributed by atoms with E-state index in [4.69, 9.17) is 9.72 Å². The summed E-state index contributed by atoms with van der Waals surface area (Å²) in [6.07, 6.45) is 0.900. The number of aromatic nitrogens is 3. The summed E-state index contributed by atoms with van der Waals surface area (Å²) in [6, 6.07) is 22.4. The number of para-hydroxylation sites is 1. The third-order valence-electron chi connectivity index (χ3n) is 6.54. The highest BCUT2D eigenvalue weighted by atomic mass is 32.1. The maximum atomic E-state index is 13.1. The first-order chi connectivity index (χ1) is 19.9. The molecule has 2 heterocycles. The predicted molar refractivity (Wildman–Crippen MR) is 161 cm³/mol. The topological polar surface area (TPSA) is 114 Å². The molecule has 2 aromatic heterocycles. The molecule has 3 aromatic carbocycles. The summed E-state index contributed by atoms with van der Waals surface area (Å²) in [6.45, 7) is 4.45. The number of aryl methyl sites for hydroxylation is 2. The van der Waals surface area contributed by atoms with Gasteiger partial charge < -0.3 is 15.2 Å². The molecule has 0 unspecified atom stereocenters. The third kappa shape index (κ3) is 6.85. The van der Waals surface area contributed by atoms with Gasteiger partial charge in [-0.3, -0.25) is 4.79 Å². The van der Waals surface area contributed by atoms with Gasteiger partial charge in [0.15, 0.2) is 5.78 Å². The summed E-state index contributed by atoms with van der Waals surface area (Å²) >= 11 is 2.99. The van der Waals surface area contributed by atoms with E-state index in [1.54, 1.807) is 59.9 Å². The highest BCUT2D eigenvalue weighted by molar-refractivity contribution is 7.19. The second-order valence-corrected chi connectivity index (χ2v) is 11.4. The summed E-state index contributed by atoms with van der Waals surface area (Å²) < 4.78 is 9.95. The zero-order chi connectivity index (χ0) is 28.8. The standard InChI is InChI=1S/C31H28N4O4S2/c1-19-29(41-35-34-19)30-33-25(20(2)40-30)16-17-39-23-14-12-21(13-15-23)18-27(31(37)38)32-26-11-7-6-10-24(26)28(36)22-8-4-3-5-9-22/h3-15,27,32H,16-18H2,1-2H3,(H,37,38)/t27-/m0/s1. The van der Waals surface area contributed by atoms with E-state index in [0.29, 0.717) is 35.6 Å². The van der Waals surface area contributed by atoms with Crippen LogP contribution in [0.15, 0.2) is 78.9 Å². The first kappa shape index (κ1) is 28.1. The minimum atomic E-state index is -1.01. The molecule has 5 rings (SSSR count). The molecule has 0 saturated carbocycles. The Morgan fingerprint density at radius 3 is 2.41 bits per heavy atom. The molecule has 0 aliphatic rings. The molecule has 0 aliphatic heterocycles. The molecule has 1 atom stereocenters. The second-order valence-electron chi connectivity index (χ2n) is 9.43. The van der Waals surface area contributed by atoms with Crippen LogP contribution in [0.25, 0.3) is 9.88 Å². The molecule has 0 amide bonds. The van der Waals surface area contributed by atoms with Gasteiger partial charge in [-0.1, -0.05) is 59.1 Å². The monoisotopic (exact) mass is 584 g/mol. The number of ketones is 1. The smallest absolute Gasteiger partial charge is 0.326 e. The van der Waals surface area contributed by atoms with Crippen molar-refractivity contribution in [3.05, 3.63) is 112 Å². The molecule has 0 aliphatic carbocycles. The molecular weight excluding hydrogens is 556 g/mol. The lowest BCUT2D eigenvalue weighted by Gasteiger charge is -2.18. The van der Waals surface area contributed by atoms with Crippen molar-refractivity contribution in [1.29, 1.82) is 0 Å². The maximum Gasteiger partial charge on any atom is 0.326 e. The number of thiazole rings is 1. The fourth-order valence-electron chi connectivity index (χ4n) is 4.35. The number of carboxylic acid groups (broad SMARTS) is 1. The average Bonchev–Trinajstić information content (AvgIpc) is 3.58. The Bertz CT molecular complexity index is 1650. The molecule has 8 nitrogen and oxygen atoms in total. The molecule has 2 N–H and O–H groups in total. The summed E-state index contributed by atoms with van der Waals surface area (Å²) in [5, 5.41) is 18.0. The van der Waals surface area contributed by atoms with Crippen LogP contribution in [0.4, 0.5) is 5.69 Å². The van der Waals surface area contributed by atoms with Gasteiger partial charge in [0.1, 0.15) is 21.7 Å². The molecule has 0 radical (unpaired) electrons. The van der Waals surface area contributed by atoms with Crippen LogP contribution < -0.4 is 10.1 Å². The molecule has 41 heavy (non-hydrogen) atoms. The molecule has 10 heteroatoms. The highest BCUT2D eigenvalue weighted by Gasteiger charge is 2.21. The van der Waals surface area contributed by atoms with Gasteiger partial charge in [0.05, 0.1) is 18.0 Å². The predicted octanol–water partition coefficient (Wildman–Crippen LogP) is 6.24. The highest BCUT2D eigenvalue weighted by Crippen LogP contribution is 2.32. The molecular formula is C31H28N4O4S2. The lowest BCUT2D eigenvalue weighted by molar-refractivity contribution is -0.137. The number of hydrogen-bond acceptors (Lipinski definition) is 9. The van der Waals surface area contributed by atoms with Crippen LogP contribution in [0.3, 0.4) is 0 Å². The largest absolute Gasteiger partial charge is 0.493 e. The number of hydrogen-bond donors (Lipinski definition) is 2. The van der Waals surface area contributed by atoms with E-state index in [9.17, 15) is 14.7 Å². The van der Waals surface area contributed by atoms with E-state index in [-0.39, 0.29) is 12.2 Å². The maximum absolute atomic E-state index is 13.1. The summed E-state index contributed by atoms with van der Waals surface area (Å²) in [5.41, 5.74) is 4.16. The molecule has 208 valence electrons. The van der Waals surface area contributed by atoms with Crippen molar-refractivity contribution in [3.8, 4) is 15.6 Å². The normalized spacial score (nSPS) is 11.7. The van der Waals surface area contributed by atoms with E-state index in [1.807, 2.05) is 37.3 Å². The second kappa shape index (κ2) is 12.8. The molecule has 0 bridgehead atoms. The number of aliphatic carboxylic acids is 1.